The lowest BCUT2D eigenvalue weighted by Gasteiger charge is -2.24. The number of aromatic nitrogens is 1. The van der Waals surface area contributed by atoms with E-state index in [-0.39, 0.29) is 11.9 Å². The Morgan fingerprint density at radius 2 is 1.93 bits per heavy atom. The molecule has 0 bridgehead atoms. The summed E-state index contributed by atoms with van der Waals surface area (Å²) in [5.74, 6) is 1.38. The van der Waals surface area contributed by atoms with Crippen molar-refractivity contribution in [3.8, 4) is 11.5 Å². The number of methoxy groups -OCH3 is 2. The molecule has 1 aromatic heterocycles. The first-order valence-electron chi connectivity index (χ1n) is 9.75. The number of pyridine rings is 1. The molecule has 148 valence electrons. The van der Waals surface area contributed by atoms with Crippen molar-refractivity contribution in [2.24, 2.45) is 0 Å². The molecule has 0 N–H and O–H groups in total. The normalized spacial score (nSPS) is 16.5. The molecule has 5 heteroatoms. The van der Waals surface area contributed by atoms with E-state index in [1.165, 1.54) is 0 Å². The van der Waals surface area contributed by atoms with E-state index in [9.17, 15) is 4.79 Å². The van der Waals surface area contributed by atoms with Gasteiger partial charge in [-0.05, 0) is 42.7 Å². The topological polar surface area (TPSA) is 51.7 Å². The molecule has 5 nitrogen and oxygen atoms in total. The number of nitrogens with zero attached hydrogens (tertiary/aromatic N) is 2. The number of rotatable bonds is 5. The van der Waals surface area contributed by atoms with Gasteiger partial charge in [0.25, 0.3) is 0 Å². The van der Waals surface area contributed by atoms with E-state index >= 15 is 0 Å². The van der Waals surface area contributed by atoms with Crippen LogP contribution in [-0.2, 0) is 4.79 Å². The average Bonchev–Trinajstić information content (AvgIpc) is 3.27. The second kappa shape index (κ2) is 8.35. The first-order chi connectivity index (χ1) is 14.2. The molecule has 2 aromatic carbocycles. The molecule has 1 aliphatic heterocycles. The summed E-state index contributed by atoms with van der Waals surface area (Å²) in [5.41, 5.74) is 2.91. The van der Waals surface area contributed by atoms with Crippen LogP contribution in [0.3, 0.4) is 0 Å². The van der Waals surface area contributed by atoms with Crippen LogP contribution >= 0.6 is 0 Å². The molecule has 0 aliphatic carbocycles. The first-order valence-corrected chi connectivity index (χ1v) is 9.75. The van der Waals surface area contributed by atoms with E-state index in [1.54, 1.807) is 26.5 Å². The average molecular weight is 388 g/mol. The molecule has 0 saturated carbocycles. The van der Waals surface area contributed by atoms with Gasteiger partial charge in [0, 0.05) is 29.8 Å². The number of para-hydroxylation sites is 1. The van der Waals surface area contributed by atoms with Crippen LogP contribution in [0, 0.1) is 0 Å². The van der Waals surface area contributed by atoms with E-state index in [1.807, 2.05) is 59.5 Å². The Labute approximate surface area is 170 Å². The molecule has 1 amide bonds. The molecule has 1 aliphatic rings. The molecule has 1 saturated heterocycles. The van der Waals surface area contributed by atoms with Gasteiger partial charge in [0.1, 0.15) is 0 Å². The van der Waals surface area contributed by atoms with E-state index in [0.717, 1.165) is 41.4 Å². The lowest BCUT2D eigenvalue weighted by Crippen LogP contribution is -2.28. The molecular formula is C24H24N2O3. The Balaban J connectivity index is 1.57. The minimum Gasteiger partial charge on any atom is -0.493 e. The number of benzene rings is 2. The van der Waals surface area contributed by atoms with Crippen molar-refractivity contribution >= 4 is 22.9 Å². The van der Waals surface area contributed by atoms with Crippen LogP contribution < -0.4 is 9.47 Å². The van der Waals surface area contributed by atoms with Gasteiger partial charge in [-0.2, -0.15) is 0 Å². The van der Waals surface area contributed by atoms with E-state index in [4.69, 9.17) is 9.47 Å². The summed E-state index contributed by atoms with van der Waals surface area (Å²) in [6.07, 6.45) is 7.21. The molecule has 1 fully saturated rings. The van der Waals surface area contributed by atoms with Crippen LogP contribution in [0.4, 0.5) is 0 Å². The third-order valence-corrected chi connectivity index (χ3v) is 5.40. The summed E-state index contributed by atoms with van der Waals surface area (Å²) in [4.78, 5) is 19.4. The summed E-state index contributed by atoms with van der Waals surface area (Å²) < 4.78 is 10.8. The molecule has 0 radical (unpaired) electrons. The Morgan fingerprint density at radius 3 is 2.76 bits per heavy atom. The van der Waals surface area contributed by atoms with Crippen LogP contribution in [0.2, 0.25) is 0 Å². The zero-order valence-electron chi connectivity index (χ0n) is 16.7. The van der Waals surface area contributed by atoms with Crippen molar-refractivity contribution in [2.75, 3.05) is 20.8 Å². The maximum Gasteiger partial charge on any atom is 0.247 e. The standard InChI is InChI=1S/C24H24N2O3/c1-28-21-12-10-19(16-22(21)29-2)20-9-5-15-26(20)23(27)13-11-18-7-3-6-17-8-4-14-25-24(17)18/h3-4,6-8,10-14,16,20H,5,9,15H2,1-2H3/b13-11+. The van der Waals surface area contributed by atoms with Gasteiger partial charge >= 0.3 is 0 Å². The van der Waals surface area contributed by atoms with Crippen molar-refractivity contribution in [1.82, 2.24) is 9.88 Å². The third kappa shape index (κ3) is 3.81. The van der Waals surface area contributed by atoms with Crippen LogP contribution in [0.15, 0.2) is 60.8 Å². The third-order valence-electron chi connectivity index (χ3n) is 5.40. The highest BCUT2D eigenvalue weighted by Gasteiger charge is 2.29. The minimum atomic E-state index is 0.00946. The highest BCUT2D eigenvalue weighted by atomic mass is 16.5. The van der Waals surface area contributed by atoms with Crippen molar-refractivity contribution in [1.29, 1.82) is 0 Å². The van der Waals surface area contributed by atoms with Gasteiger partial charge in [0.15, 0.2) is 11.5 Å². The second-order valence-corrected chi connectivity index (χ2v) is 7.06. The van der Waals surface area contributed by atoms with Crippen molar-refractivity contribution in [2.45, 2.75) is 18.9 Å². The highest BCUT2D eigenvalue weighted by Crippen LogP contribution is 2.37. The summed E-state index contributed by atoms with van der Waals surface area (Å²) in [7, 11) is 3.25. The maximum atomic E-state index is 13.0. The number of hydrogen-bond acceptors (Lipinski definition) is 4. The van der Waals surface area contributed by atoms with Crippen LogP contribution in [0.5, 0.6) is 11.5 Å². The predicted molar refractivity (Wildman–Crippen MR) is 114 cm³/mol. The Bertz CT molecular complexity index is 1060. The summed E-state index contributed by atoms with van der Waals surface area (Å²) >= 11 is 0. The second-order valence-electron chi connectivity index (χ2n) is 7.06. The zero-order valence-corrected chi connectivity index (χ0v) is 16.7. The Kier molecular flexibility index (Phi) is 5.47. The zero-order chi connectivity index (χ0) is 20.2. The van der Waals surface area contributed by atoms with Gasteiger partial charge in [-0.1, -0.05) is 30.3 Å². The largest absolute Gasteiger partial charge is 0.493 e. The summed E-state index contributed by atoms with van der Waals surface area (Å²) in [6.45, 7) is 0.746. The van der Waals surface area contributed by atoms with Crippen LogP contribution in [-0.4, -0.2) is 36.6 Å². The smallest absolute Gasteiger partial charge is 0.247 e. The molecule has 3 aromatic rings. The van der Waals surface area contributed by atoms with Crippen LogP contribution in [0.1, 0.15) is 30.0 Å². The van der Waals surface area contributed by atoms with Gasteiger partial charge in [0.05, 0.1) is 25.8 Å². The summed E-state index contributed by atoms with van der Waals surface area (Å²) in [5, 5.41) is 1.06. The molecule has 4 rings (SSSR count). The monoisotopic (exact) mass is 388 g/mol. The lowest BCUT2D eigenvalue weighted by atomic mass is 10.0. The minimum absolute atomic E-state index is 0.00946. The number of carbonyl (C=O) groups is 1. The molecule has 1 atom stereocenters. The highest BCUT2D eigenvalue weighted by molar-refractivity contribution is 5.95. The van der Waals surface area contributed by atoms with Crippen molar-refractivity contribution in [3.05, 3.63) is 71.9 Å². The fourth-order valence-corrected chi connectivity index (χ4v) is 3.96. The quantitative estimate of drug-likeness (QED) is 0.598. The maximum absolute atomic E-state index is 13.0. The van der Waals surface area contributed by atoms with Gasteiger partial charge in [0.2, 0.25) is 5.91 Å². The number of carbonyl (C=O) groups excluding carboxylic acids is 1. The van der Waals surface area contributed by atoms with Gasteiger partial charge in [-0.25, -0.2) is 0 Å². The summed E-state index contributed by atoms with van der Waals surface area (Å²) in [6, 6.07) is 15.8. The van der Waals surface area contributed by atoms with Crippen molar-refractivity contribution in [3.63, 3.8) is 0 Å². The van der Waals surface area contributed by atoms with Crippen molar-refractivity contribution < 1.29 is 14.3 Å². The SMILES string of the molecule is COc1ccc(C2CCCN2C(=O)/C=C/c2cccc3cccnc23)cc1OC. The van der Waals surface area contributed by atoms with Crippen LogP contribution in [0.25, 0.3) is 17.0 Å². The van der Waals surface area contributed by atoms with E-state index in [0.29, 0.717) is 11.5 Å². The number of ether oxygens (including phenoxy) is 2. The molecule has 2 heterocycles. The van der Waals surface area contributed by atoms with E-state index < -0.39 is 0 Å². The molecule has 0 spiro atoms. The molecule has 1 unspecified atom stereocenters. The Hall–Kier alpha value is -3.34. The van der Waals surface area contributed by atoms with E-state index in [2.05, 4.69) is 4.98 Å². The molecular weight excluding hydrogens is 364 g/mol. The van der Waals surface area contributed by atoms with Gasteiger partial charge < -0.3 is 14.4 Å². The lowest BCUT2D eigenvalue weighted by molar-refractivity contribution is -0.126. The Morgan fingerprint density at radius 1 is 1.10 bits per heavy atom. The molecule has 29 heavy (non-hydrogen) atoms. The fraction of sp³-hybridized carbons (Fsp3) is 0.250. The predicted octanol–water partition coefficient (Wildman–Crippen LogP) is 4.63. The number of amides is 1. The van der Waals surface area contributed by atoms with Gasteiger partial charge in [-0.15, -0.1) is 0 Å². The number of fused-ring (bicyclic) bond motifs is 1. The number of hydrogen-bond donors (Lipinski definition) is 0. The van der Waals surface area contributed by atoms with Gasteiger partial charge in [-0.3, -0.25) is 9.78 Å². The number of likely N-dealkylation sites (tertiary alicyclic amines) is 1. The first kappa shape index (κ1) is 19.0. The fourth-order valence-electron chi connectivity index (χ4n) is 3.96.